The molecule has 0 saturated carbocycles. The Kier molecular flexibility index (Phi) is 4.96. The molecule has 2 aromatic carbocycles. The molecule has 0 radical (unpaired) electrons. The molecule has 1 heterocycles. The zero-order chi connectivity index (χ0) is 16.9. The molecule has 122 valence electrons. The lowest BCUT2D eigenvalue weighted by Crippen LogP contribution is -2.07. The summed E-state index contributed by atoms with van der Waals surface area (Å²) in [6.45, 7) is 0.594. The predicted molar refractivity (Wildman–Crippen MR) is 94.0 cm³/mol. The second kappa shape index (κ2) is 7.32. The van der Waals surface area contributed by atoms with Crippen molar-refractivity contribution in [1.29, 1.82) is 0 Å². The summed E-state index contributed by atoms with van der Waals surface area (Å²) in [4.78, 5) is 11.1. The van der Waals surface area contributed by atoms with Crippen molar-refractivity contribution in [3.8, 4) is 5.75 Å². The Morgan fingerprint density at radius 1 is 1.08 bits per heavy atom. The molecule has 0 saturated heterocycles. The third kappa shape index (κ3) is 3.84. The lowest BCUT2D eigenvalue weighted by Gasteiger charge is -2.08. The van der Waals surface area contributed by atoms with Crippen LogP contribution >= 0.6 is 11.6 Å². The molecule has 0 spiro atoms. The quantitative estimate of drug-likeness (QED) is 0.637. The third-order valence-electron chi connectivity index (χ3n) is 3.79. The Labute approximate surface area is 145 Å². The molecule has 24 heavy (non-hydrogen) atoms. The molecule has 5 heteroatoms. The summed E-state index contributed by atoms with van der Waals surface area (Å²) in [5.74, 6) is 0.821. The number of ether oxygens (including phenoxy) is 1. The first kappa shape index (κ1) is 16.3. The highest BCUT2D eigenvalue weighted by Crippen LogP contribution is 2.17. The van der Waals surface area contributed by atoms with Crippen LogP contribution in [0.3, 0.4) is 0 Å². The fourth-order valence-electron chi connectivity index (χ4n) is 2.53. The van der Waals surface area contributed by atoms with E-state index in [9.17, 15) is 4.79 Å². The molecule has 0 N–H and O–H groups in total. The van der Waals surface area contributed by atoms with Crippen LogP contribution in [0.15, 0.2) is 54.6 Å². The summed E-state index contributed by atoms with van der Waals surface area (Å²) in [7, 11) is 1.65. The number of carbonyl (C=O) groups is 1. The molecule has 0 amide bonds. The first-order valence-corrected chi connectivity index (χ1v) is 7.95. The molecule has 0 aliphatic heterocycles. The standard InChI is InChI=1S/C19H17ClN2O2/c1-24-19-8-4-14(5-9-19)10-18-11-17(13-23)21-22(18)12-15-2-6-16(20)7-3-15/h2-9,11,13H,10,12H2,1H3. The van der Waals surface area contributed by atoms with Crippen LogP contribution < -0.4 is 4.74 Å². The van der Waals surface area contributed by atoms with Crippen LogP contribution in [0.5, 0.6) is 5.75 Å². The van der Waals surface area contributed by atoms with Gasteiger partial charge in [0, 0.05) is 17.1 Å². The van der Waals surface area contributed by atoms with Gasteiger partial charge in [0.2, 0.25) is 0 Å². The van der Waals surface area contributed by atoms with Gasteiger partial charge in [-0.15, -0.1) is 0 Å². The Balaban J connectivity index is 1.84. The first-order chi connectivity index (χ1) is 11.7. The van der Waals surface area contributed by atoms with Crippen LogP contribution in [0.2, 0.25) is 5.02 Å². The molecule has 0 aliphatic carbocycles. The van der Waals surface area contributed by atoms with Gasteiger partial charge in [0.1, 0.15) is 11.4 Å². The van der Waals surface area contributed by atoms with Gasteiger partial charge < -0.3 is 4.74 Å². The SMILES string of the molecule is COc1ccc(Cc2cc(C=O)nn2Cc2ccc(Cl)cc2)cc1. The van der Waals surface area contributed by atoms with E-state index in [4.69, 9.17) is 16.3 Å². The number of halogens is 1. The van der Waals surface area contributed by atoms with E-state index in [-0.39, 0.29) is 0 Å². The first-order valence-electron chi connectivity index (χ1n) is 7.57. The van der Waals surface area contributed by atoms with Gasteiger partial charge in [-0.05, 0) is 41.5 Å². The van der Waals surface area contributed by atoms with E-state index in [0.717, 1.165) is 28.9 Å². The Bertz CT molecular complexity index is 824. The van der Waals surface area contributed by atoms with Gasteiger partial charge in [-0.1, -0.05) is 35.9 Å². The molecule has 0 fully saturated rings. The summed E-state index contributed by atoms with van der Waals surface area (Å²) >= 11 is 5.93. The highest BCUT2D eigenvalue weighted by molar-refractivity contribution is 6.30. The number of benzene rings is 2. The third-order valence-corrected chi connectivity index (χ3v) is 4.04. The van der Waals surface area contributed by atoms with Crippen molar-refractivity contribution in [3.05, 3.63) is 82.1 Å². The number of hydrogen-bond donors (Lipinski definition) is 0. The van der Waals surface area contributed by atoms with Gasteiger partial charge in [-0.25, -0.2) is 0 Å². The van der Waals surface area contributed by atoms with E-state index in [1.54, 1.807) is 7.11 Å². The van der Waals surface area contributed by atoms with E-state index in [2.05, 4.69) is 5.10 Å². The molecule has 0 aliphatic rings. The van der Waals surface area contributed by atoms with Gasteiger partial charge in [-0.3, -0.25) is 9.48 Å². The maximum absolute atomic E-state index is 11.1. The minimum atomic E-state index is 0.437. The van der Waals surface area contributed by atoms with Crippen molar-refractivity contribution >= 4 is 17.9 Å². The average molecular weight is 341 g/mol. The number of nitrogens with zero attached hydrogens (tertiary/aromatic N) is 2. The highest BCUT2D eigenvalue weighted by atomic mass is 35.5. The van der Waals surface area contributed by atoms with E-state index in [0.29, 0.717) is 23.7 Å². The van der Waals surface area contributed by atoms with Gasteiger partial charge in [0.25, 0.3) is 0 Å². The van der Waals surface area contributed by atoms with Crippen molar-refractivity contribution in [1.82, 2.24) is 9.78 Å². The van der Waals surface area contributed by atoms with E-state index < -0.39 is 0 Å². The number of methoxy groups -OCH3 is 1. The van der Waals surface area contributed by atoms with Crippen molar-refractivity contribution in [2.75, 3.05) is 7.11 Å². The van der Waals surface area contributed by atoms with E-state index in [1.807, 2.05) is 59.3 Å². The van der Waals surface area contributed by atoms with Crippen molar-refractivity contribution in [3.63, 3.8) is 0 Å². The van der Waals surface area contributed by atoms with Gasteiger partial charge in [0.15, 0.2) is 6.29 Å². The smallest absolute Gasteiger partial charge is 0.170 e. The van der Waals surface area contributed by atoms with Crippen LogP contribution in [0.4, 0.5) is 0 Å². The number of carbonyl (C=O) groups excluding carboxylic acids is 1. The highest BCUT2D eigenvalue weighted by Gasteiger charge is 2.09. The molecule has 1 aromatic heterocycles. The zero-order valence-corrected chi connectivity index (χ0v) is 14.0. The van der Waals surface area contributed by atoms with E-state index >= 15 is 0 Å². The number of aromatic nitrogens is 2. The molecule has 3 rings (SSSR count). The minimum absolute atomic E-state index is 0.437. The topological polar surface area (TPSA) is 44.1 Å². The van der Waals surface area contributed by atoms with Gasteiger partial charge >= 0.3 is 0 Å². The summed E-state index contributed by atoms with van der Waals surface area (Å²) in [6, 6.07) is 17.3. The molecule has 3 aromatic rings. The van der Waals surface area contributed by atoms with Crippen molar-refractivity contribution in [2.24, 2.45) is 0 Å². The summed E-state index contributed by atoms with van der Waals surface area (Å²) in [6.07, 6.45) is 1.47. The molecule has 0 atom stereocenters. The monoisotopic (exact) mass is 340 g/mol. The average Bonchev–Trinajstić information content (AvgIpc) is 2.99. The number of aldehydes is 1. The fraction of sp³-hybridized carbons (Fsp3) is 0.158. The van der Waals surface area contributed by atoms with Crippen LogP contribution in [0, 0.1) is 0 Å². The van der Waals surface area contributed by atoms with Gasteiger partial charge in [0.05, 0.1) is 13.7 Å². The number of hydrogen-bond acceptors (Lipinski definition) is 3. The fourth-order valence-corrected chi connectivity index (χ4v) is 2.66. The second-order valence-electron chi connectivity index (χ2n) is 5.49. The minimum Gasteiger partial charge on any atom is -0.497 e. The molecule has 4 nitrogen and oxygen atoms in total. The summed E-state index contributed by atoms with van der Waals surface area (Å²) < 4.78 is 7.04. The van der Waals surface area contributed by atoms with Crippen molar-refractivity contribution < 1.29 is 9.53 Å². The molecular weight excluding hydrogens is 324 g/mol. The Morgan fingerprint density at radius 2 is 1.75 bits per heavy atom. The van der Waals surface area contributed by atoms with Crippen LogP contribution in [0.1, 0.15) is 27.3 Å². The normalized spacial score (nSPS) is 10.6. The Morgan fingerprint density at radius 3 is 2.38 bits per heavy atom. The lowest BCUT2D eigenvalue weighted by molar-refractivity contribution is 0.111. The summed E-state index contributed by atoms with van der Waals surface area (Å²) in [5, 5.41) is 5.07. The maximum Gasteiger partial charge on any atom is 0.170 e. The second-order valence-corrected chi connectivity index (χ2v) is 5.92. The van der Waals surface area contributed by atoms with E-state index in [1.165, 1.54) is 0 Å². The lowest BCUT2D eigenvalue weighted by atomic mass is 10.1. The maximum atomic E-state index is 11.1. The van der Waals surface area contributed by atoms with Crippen LogP contribution in [0.25, 0.3) is 0 Å². The molecule has 0 unspecified atom stereocenters. The predicted octanol–water partition coefficient (Wildman–Crippen LogP) is 4.00. The van der Waals surface area contributed by atoms with Gasteiger partial charge in [-0.2, -0.15) is 5.10 Å². The van der Waals surface area contributed by atoms with Crippen LogP contribution in [-0.2, 0) is 13.0 Å². The molecule has 0 bridgehead atoms. The Hall–Kier alpha value is -2.59. The molecular formula is C19H17ClN2O2. The largest absolute Gasteiger partial charge is 0.497 e. The summed E-state index contributed by atoms with van der Waals surface area (Å²) in [5.41, 5.74) is 3.63. The zero-order valence-electron chi connectivity index (χ0n) is 13.3. The van der Waals surface area contributed by atoms with Crippen LogP contribution in [-0.4, -0.2) is 23.2 Å². The van der Waals surface area contributed by atoms with Crippen molar-refractivity contribution in [2.45, 2.75) is 13.0 Å². The number of rotatable bonds is 6.